The number of benzene rings is 2. The van der Waals surface area contributed by atoms with E-state index in [2.05, 4.69) is 15.4 Å². The van der Waals surface area contributed by atoms with Crippen molar-refractivity contribution in [3.63, 3.8) is 0 Å². The lowest BCUT2D eigenvalue weighted by Crippen LogP contribution is -2.42. The van der Waals surface area contributed by atoms with Crippen LogP contribution < -0.4 is 25.8 Å². The number of sulfonamides is 1. The Kier molecular flexibility index (Phi) is 8.08. The Morgan fingerprint density at radius 1 is 1.21 bits per heavy atom. The molecule has 182 valence electrons. The monoisotopic (exact) mass is 489 g/mol. The summed E-state index contributed by atoms with van der Waals surface area (Å²) in [5, 5.41) is 22.1. The number of carboxylic acid groups (broad SMARTS) is 1. The molecular formula is C22H27N5O6S. The third kappa shape index (κ3) is 7.18. The zero-order chi connectivity index (χ0) is 24.7. The molecule has 34 heavy (non-hydrogen) atoms. The molecule has 2 aromatic carbocycles. The predicted octanol–water partition coefficient (Wildman–Crippen LogP) is 0.765. The molecular weight excluding hydrogens is 462 g/mol. The smallest absolute Gasteiger partial charge is 0.322 e. The van der Waals surface area contributed by atoms with Gasteiger partial charge in [-0.15, -0.1) is 0 Å². The van der Waals surface area contributed by atoms with Crippen molar-refractivity contribution in [3.05, 3.63) is 59.7 Å². The molecule has 0 saturated heterocycles. The van der Waals surface area contributed by atoms with Gasteiger partial charge < -0.3 is 26.2 Å². The van der Waals surface area contributed by atoms with Crippen molar-refractivity contribution in [2.45, 2.75) is 37.2 Å². The Hall–Kier alpha value is -3.64. The highest BCUT2D eigenvalue weighted by Crippen LogP contribution is 2.32. The molecule has 2 aromatic rings. The molecule has 0 radical (unpaired) electrons. The van der Waals surface area contributed by atoms with Gasteiger partial charge in [0, 0.05) is 6.54 Å². The molecule has 11 nitrogen and oxygen atoms in total. The molecule has 0 saturated carbocycles. The molecule has 0 aliphatic carbocycles. The number of carbonyl (C=O) groups is 2. The van der Waals surface area contributed by atoms with Gasteiger partial charge in [-0.05, 0) is 42.5 Å². The van der Waals surface area contributed by atoms with Gasteiger partial charge in [0.15, 0.2) is 12.1 Å². The van der Waals surface area contributed by atoms with E-state index in [1.165, 1.54) is 0 Å². The van der Waals surface area contributed by atoms with Crippen molar-refractivity contribution < 1.29 is 27.9 Å². The zero-order valence-corrected chi connectivity index (χ0v) is 19.1. The highest BCUT2D eigenvalue weighted by atomic mass is 32.2. The lowest BCUT2D eigenvalue weighted by atomic mass is 10.0. The first-order valence-corrected chi connectivity index (χ1v) is 12.2. The van der Waals surface area contributed by atoms with Crippen LogP contribution in [0.2, 0.25) is 0 Å². The number of nitrogens with two attached hydrogens (primary N) is 1. The number of rotatable bonds is 11. The summed E-state index contributed by atoms with van der Waals surface area (Å²) in [6.07, 6.45) is 0.155. The van der Waals surface area contributed by atoms with E-state index in [9.17, 15) is 23.1 Å². The van der Waals surface area contributed by atoms with E-state index in [-0.39, 0.29) is 24.0 Å². The van der Waals surface area contributed by atoms with Crippen LogP contribution in [0.4, 0.5) is 5.69 Å². The minimum Gasteiger partial charge on any atom is -0.480 e. The normalized spacial score (nSPS) is 16.0. The van der Waals surface area contributed by atoms with Crippen LogP contribution >= 0.6 is 0 Å². The molecule has 1 aliphatic heterocycles. The van der Waals surface area contributed by atoms with Gasteiger partial charge >= 0.3 is 5.97 Å². The standard InChI is InChI=1S/C22H27N5O6S/c23-22(24)25-10-4-7-19-20(28)26-16-11-15(8-9-18(16)33-19)12-17(21(29)30)27-34(31,32)13-14-5-2-1-3-6-14/h1-3,5-6,8-9,11,17,19,27H,4,7,10,12-13H2,(H,26,28)(H,29,30)(H4,23,24,25)/t17-,19+/m0/s1. The molecule has 0 bridgehead atoms. The summed E-state index contributed by atoms with van der Waals surface area (Å²) in [4.78, 5) is 24.1. The van der Waals surface area contributed by atoms with Crippen molar-refractivity contribution in [1.29, 1.82) is 5.41 Å². The van der Waals surface area contributed by atoms with Gasteiger partial charge in [-0.3, -0.25) is 15.0 Å². The summed E-state index contributed by atoms with van der Waals surface area (Å²) < 4.78 is 33.0. The minimum atomic E-state index is -3.90. The number of aliphatic carboxylic acids is 1. The third-order valence-electron chi connectivity index (χ3n) is 5.08. The Labute approximate surface area is 197 Å². The predicted molar refractivity (Wildman–Crippen MR) is 126 cm³/mol. The van der Waals surface area contributed by atoms with Gasteiger partial charge in [-0.25, -0.2) is 13.1 Å². The molecule has 1 aliphatic rings. The number of nitrogens with one attached hydrogen (secondary N) is 4. The van der Waals surface area contributed by atoms with Crippen LogP contribution in [-0.2, 0) is 31.8 Å². The number of hydrogen-bond acceptors (Lipinski definition) is 6. The number of guanidine groups is 1. The number of hydrogen-bond donors (Lipinski definition) is 6. The Morgan fingerprint density at radius 3 is 2.62 bits per heavy atom. The average molecular weight is 490 g/mol. The van der Waals surface area contributed by atoms with Gasteiger partial charge in [0.2, 0.25) is 10.0 Å². The first kappa shape index (κ1) is 25.0. The molecule has 0 fully saturated rings. The maximum Gasteiger partial charge on any atom is 0.322 e. The summed E-state index contributed by atoms with van der Waals surface area (Å²) in [6, 6.07) is 11.9. The largest absolute Gasteiger partial charge is 0.480 e. The topological polar surface area (TPSA) is 184 Å². The maximum absolute atomic E-state index is 12.5. The summed E-state index contributed by atoms with van der Waals surface area (Å²) in [7, 11) is -3.90. The average Bonchev–Trinajstić information content (AvgIpc) is 2.76. The molecule has 0 aromatic heterocycles. The van der Waals surface area contributed by atoms with Crippen LogP contribution in [0, 0.1) is 5.41 Å². The molecule has 3 rings (SSSR count). The minimum absolute atomic E-state index is 0.118. The fourth-order valence-electron chi connectivity index (χ4n) is 3.49. The second-order valence-corrected chi connectivity index (χ2v) is 9.62. The second-order valence-electron chi connectivity index (χ2n) is 7.87. The molecule has 12 heteroatoms. The fraction of sp³-hybridized carbons (Fsp3) is 0.318. The Morgan fingerprint density at radius 2 is 1.94 bits per heavy atom. The summed E-state index contributed by atoms with van der Waals surface area (Å²) >= 11 is 0. The van der Waals surface area contributed by atoms with Gasteiger partial charge in [-0.1, -0.05) is 36.4 Å². The van der Waals surface area contributed by atoms with Crippen LogP contribution in [0.15, 0.2) is 48.5 Å². The van der Waals surface area contributed by atoms with Crippen molar-refractivity contribution in [2.24, 2.45) is 5.73 Å². The van der Waals surface area contributed by atoms with E-state index in [4.69, 9.17) is 15.9 Å². The number of carboxylic acids is 1. The van der Waals surface area contributed by atoms with Gasteiger partial charge in [-0.2, -0.15) is 0 Å². The number of ether oxygens (including phenoxy) is 1. The lowest BCUT2D eigenvalue weighted by Gasteiger charge is -2.26. The molecule has 0 spiro atoms. The summed E-state index contributed by atoms with van der Waals surface area (Å²) in [5.41, 5.74) is 6.67. The van der Waals surface area contributed by atoms with E-state index >= 15 is 0 Å². The molecule has 1 amide bonds. The van der Waals surface area contributed by atoms with E-state index < -0.39 is 28.1 Å². The first-order chi connectivity index (χ1) is 16.1. The van der Waals surface area contributed by atoms with E-state index in [0.717, 1.165) is 0 Å². The van der Waals surface area contributed by atoms with Crippen LogP contribution in [0.3, 0.4) is 0 Å². The lowest BCUT2D eigenvalue weighted by molar-refractivity contribution is -0.139. The molecule has 0 unspecified atom stereocenters. The van der Waals surface area contributed by atoms with Gasteiger partial charge in [0.25, 0.3) is 5.91 Å². The van der Waals surface area contributed by atoms with E-state index in [1.54, 1.807) is 48.5 Å². The van der Waals surface area contributed by atoms with Gasteiger partial charge in [0.05, 0.1) is 11.4 Å². The SMILES string of the molecule is N=C(N)NCCC[C@H]1Oc2ccc(C[C@H](NS(=O)(=O)Cc3ccccc3)C(=O)O)cc2NC1=O. The van der Waals surface area contributed by atoms with Crippen molar-refractivity contribution in [2.75, 3.05) is 11.9 Å². The summed E-state index contributed by atoms with van der Waals surface area (Å²) in [5.74, 6) is -1.70. The van der Waals surface area contributed by atoms with Crippen molar-refractivity contribution in [1.82, 2.24) is 10.0 Å². The van der Waals surface area contributed by atoms with Crippen LogP contribution in [0.1, 0.15) is 24.0 Å². The molecule has 2 atom stereocenters. The number of anilines is 1. The zero-order valence-electron chi connectivity index (χ0n) is 18.3. The summed E-state index contributed by atoms with van der Waals surface area (Å²) in [6.45, 7) is 0.436. The Balaban J connectivity index is 1.64. The number of fused-ring (bicyclic) bond motifs is 1. The van der Waals surface area contributed by atoms with Crippen LogP contribution in [-0.4, -0.2) is 50.1 Å². The van der Waals surface area contributed by atoms with Crippen LogP contribution in [0.5, 0.6) is 5.75 Å². The van der Waals surface area contributed by atoms with Crippen molar-refractivity contribution in [3.8, 4) is 5.75 Å². The number of carbonyl (C=O) groups excluding carboxylic acids is 1. The van der Waals surface area contributed by atoms with Crippen LogP contribution in [0.25, 0.3) is 0 Å². The quantitative estimate of drug-likeness (QED) is 0.152. The molecule has 1 heterocycles. The van der Waals surface area contributed by atoms with Crippen molar-refractivity contribution >= 4 is 33.5 Å². The second kappa shape index (κ2) is 11.0. The van der Waals surface area contributed by atoms with E-state index in [0.29, 0.717) is 42.0 Å². The number of amides is 1. The highest BCUT2D eigenvalue weighted by Gasteiger charge is 2.29. The van der Waals surface area contributed by atoms with E-state index in [1.807, 2.05) is 0 Å². The fourth-order valence-corrected chi connectivity index (χ4v) is 4.82. The first-order valence-electron chi connectivity index (χ1n) is 10.6. The maximum atomic E-state index is 12.5. The van der Waals surface area contributed by atoms with Gasteiger partial charge in [0.1, 0.15) is 11.8 Å². The highest BCUT2D eigenvalue weighted by molar-refractivity contribution is 7.88. The Bertz CT molecular complexity index is 1160. The molecule has 7 N–H and O–H groups in total. The third-order valence-corrected chi connectivity index (χ3v) is 6.44.